The van der Waals surface area contributed by atoms with Crippen LogP contribution in [0.5, 0.6) is 0 Å². The summed E-state index contributed by atoms with van der Waals surface area (Å²) in [6, 6.07) is 11.0. The number of likely N-dealkylation sites (N-methyl/N-ethyl adjacent to an activating group) is 1. The summed E-state index contributed by atoms with van der Waals surface area (Å²) in [5.41, 5.74) is 1.29. The lowest BCUT2D eigenvalue weighted by Crippen LogP contribution is -2.50. The molecule has 2 fully saturated rings. The molecule has 24 heavy (non-hydrogen) atoms. The maximum Gasteiger partial charge on any atom is 0.191 e. The SMILES string of the molecule is CN=C(NCC1CN(C)CCO1)NC1CCN(c2ccccc2)C1. The summed E-state index contributed by atoms with van der Waals surface area (Å²) in [6.07, 6.45) is 1.35. The Balaban J connectivity index is 1.44. The van der Waals surface area contributed by atoms with Crippen LogP contribution >= 0.6 is 0 Å². The molecule has 1 aromatic rings. The van der Waals surface area contributed by atoms with Gasteiger partial charge in [-0.2, -0.15) is 0 Å². The van der Waals surface area contributed by atoms with Gasteiger partial charge in [0.25, 0.3) is 0 Å². The van der Waals surface area contributed by atoms with Crippen molar-refractivity contribution >= 4 is 11.6 Å². The zero-order valence-electron chi connectivity index (χ0n) is 14.7. The fraction of sp³-hybridized carbons (Fsp3) is 0.611. The number of nitrogens with one attached hydrogen (secondary N) is 2. The quantitative estimate of drug-likeness (QED) is 0.630. The van der Waals surface area contributed by atoms with E-state index in [0.717, 1.165) is 51.7 Å². The van der Waals surface area contributed by atoms with Gasteiger partial charge >= 0.3 is 0 Å². The Kier molecular flexibility index (Phi) is 5.93. The molecule has 2 atom stereocenters. The summed E-state index contributed by atoms with van der Waals surface area (Å²) in [4.78, 5) is 9.09. The van der Waals surface area contributed by atoms with Crippen molar-refractivity contribution in [3.8, 4) is 0 Å². The summed E-state index contributed by atoms with van der Waals surface area (Å²) in [5, 5.41) is 6.95. The highest BCUT2D eigenvalue weighted by Gasteiger charge is 2.24. The zero-order valence-corrected chi connectivity index (χ0v) is 14.7. The summed E-state index contributed by atoms with van der Waals surface area (Å²) in [5.74, 6) is 0.867. The monoisotopic (exact) mass is 331 g/mol. The van der Waals surface area contributed by atoms with Crippen molar-refractivity contribution < 1.29 is 4.74 Å². The molecule has 0 bridgehead atoms. The molecule has 0 aromatic heterocycles. The summed E-state index contributed by atoms with van der Waals surface area (Å²) < 4.78 is 5.79. The molecule has 0 radical (unpaired) electrons. The standard InChI is InChI=1S/C18H29N5O/c1-19-18(20-12-17-14-22(2)10-11-24-17)21-15-8-9-23(13-15)16-6-4-3-5-7-16/h3-7,15,17H,8-14H2,1-2H3,(H2,19,20,21). The largest absolute Gasteiger partial charge is 0.374 e. The number of guanidine groups is 1. The van der Waals surface area contributed by atoms with Gasteiger partial charge in [-0.05, 0) is 25.6 Å². The number of para-hydroxylation sites is 1. The summed E-state index contributed by atoms with van der Waals surface area (Å²) in [6.45, 7) is 5.67. The first-order valence-electron chi connectivity index (χ1n) is 8.82. The van der Waals surface area contributed by atoms with Crippen LogP contribution in [0.1, 0.15) is 6.42 Å². The van der Waals surface area contributed by atoms with E-state index in [-0.39, 0.29) is 6.10 Å². The average molecular weight is 331 g/mol. The van der Waals surface area contributed by atoms with Gasteiger partial charge in [0.05, 0.1) is 12.7 Å². The third-order valence-corrected chi connectivity index (χ3v) is 4.71. The molecule has 2 heterocycles. The van der Waals surface area contributed by atoms with Crippen molar-refractivity contribution in [2.45, 2.75) is 18.6 Å². The smallest absolute Gasteiger partial charge is 0.191 e. The lowest BCUT2D eigenvalue weighted by atomic mass is 10.2. The zero-order chi connectivity index (χ0) is 16.8. The third-order valence-electron chi connectivity index (χ3n) is 4.71. The van der Waals surface area contributed by atoms with Gasteiger partial charge in [-0.1, -0.05) is 18.2 Å². The van der Waals surface area contributed by atoms with Gasteiger partial charge in [0.15, 0.2) is 5.96 Å². The molecule has 2 aliphatic rings. The number of aliphatic imine (C=N–C) groups is 1. The van der Waals surface area contributed by atoms with Crippen molar-refractivity contribution in [2.75, 3.05) is 58.3 Å². The number of hydrogen-bond donors (Lipinski definition) is 2. The first-order chi connectivity index (χ1) is 11.7. The Morgan fingerprint density at radius 2 is 2.08 bits per heavy atom. The van der Waals surface area contributed by atoms with E-state index in [4.69, 9.17) is 4.74 Å². The van der Waals surface area contributed by atoms with Crippen LogP contribution in [0.25, 0.3) is 0 Å². The minimum absolute atomic E-state index is 0.228. The van der Waals surface area contributed by atoms with Crippen molar-refractivity contribution in [1.29, 1.82) is 0 Å². The molecule has 0 spiro atoms. The molecule has 2 unspecified atom stereocenters. The Morgan fingerprint density at radius 3 is 2.83 bits per heavy atom. The predicted molar refractivity (Wildman–Crippen MR) is 98.8 cm³/mol. The molecule has 6 nitrogen and oxygen atoms in total. The van der Waals surface area contributed by atoms with E-state index in [1.807, 2.05) is 7.05 Å². The molecule has 3 rings (SSSR count). The van der Waals surface area contributed by atoms with Gasteiger partial charge in [-0.3, -0.25) is 4.99 Å². The maximum absolute atomic E-state index is 5.79. The number of benzene rings is 1. The molecule has 1 aromatic carbocycles. The average Bonchev–Trinajstić information content (AvgIpc) is 3.08. The Bertz CT molecular complexity index is 535. The molecule has 2 saturated heterocycles. The molecule has 2 N–H and O–H groups in total. The Labute approximate surface area is 144 Å². The molecular formula is C18H29N5O. The van der Waals surface area contributed by atoms with Crippen molar-refractivity contribution in [1.82, 2.24) is 15.5 Å². The van der Waals surface area contributed by atoms with Crippen LogP contribution in [-0.4, -0.2) is 76.4 Å². The number of morpholine rings is 1. The van der Waals surface area contributed by atoms with Crippen molar-refractivity contribution in [3.63, 3.8) is 0 Å². The van der Waals surface area contributed by atoms with Gasteiger partial charge in [-0.25, -0.2) is 0 Å². The van der Waals surface area contributed by atoms with Gasteiger partial charge in [0, 0.05) is 51.5 Å². The molecular weight excluding hydrogens is 302 g/mol. The molecule has 0 saturated carbocycles. The first-order valence-corrected chi connectivity index (χ1v) is 8.82. The van der Waals surface area contributed by atoms with E-state index >= 15 is 0 Å². The van der Waals surface area contributed by atoms with Crippen molar-refractivity contribution in [2.24, 2.45) is 4.99 Å². The van der Waals surface area contributed by atoms with E-state index in [9.17, 15) is 0 Å². The molecule has 0 aliphatic carbocycles. The maximum atomic E-state index is 5.79. The second-order valence-corrected chi connectivity index (χ2v) is 6.62. The van der Waals surface area contributed by atoms with E-state index in [2.05, 4.69) is 62.8 Å². The number of rotatable bonds is 4. The highest BCUT2D eigenvalue weighted by Crippen LogP contribution is 2.19. The molecule has 0 amide bonds. The van der Waals surface area contributed by atoms with Gasteiger partial charge in [-0.15, -0.1) is 0 Å². The number of ether oxygens (including phenoxy) is 1. The third kappa shape index (κ3) is 4.61. The normalized spacial score (nSPS) is 25.8. The topological polar surface area (TPSA) is 52.1 Å². The van der Waals surface area contributed by atoms with Crippen LogP contribution in [0.15, 0.2) is 35.3 Å². The van der Waals surface area contributed by atoms with E-state index < -0.39 is 0 Å². The lowest BCUT2D eigenvalue weighted by Gasteiger charge is -2.30. The number of hydrogen-bond acceptors (Lipinski definition) is 4. The number of nitrogens with zero attached hydrogens (tertiary/aromatic N) is 3. The second kappa shape index (κ2) is 8.35. The highest BCUT2D eigenvalue weighted by atomic mass is 16.5. The van der Waals surface area contributed by atoms with Gasteiger partial charge < -0.3 is 25.2 Å². The van der Waals surface area contributed by atoms with Crippen LogP contribution in [-0.2, 0) is 4.74 Å². The second-order valence-electron chi connectivity index (χ2n) is 6.62. The summed E-state index contributed by atoms with van der Waals surface area (Å²) >= 11 is 0. The van der Waals surface area contributed by atoms with Gasteiger partial charge in [0.2, 0.25) is 0 Å². The Hall–Kier alpha value is -1.79. The van der Waals surface area contributed by atoms with E-state index in [1.54, 1.807) is 0 Å². The fourth-order valence-electron chi connectivity index (χ4n) is 3.34. The fourth-order valence-corrected chi connectivity index (χ4v) is 3.34. The van der Waals surface area contributed by atoms with Crippen molar-refractivity contribution in [3.05, 3.63) is 30.3 Å². The van der Waals surface area contributed by atoms with Crippen LogP contribution in [0.2, 0.25) is 0 Å². The molecule has 6 heteroatoms. The predicted octanol–water partition coefficient (Wildman–Crippen LogP) is 0.761. The van der Waals surface area contributed by atoms with Gasteiger partial charge in [0.1, 0.15) is 0 Å². The van der Waals surface area contributed by atoms with Crippen LogP contribution in [0.4, 0.5) is 5.69 Å². The van der Waals surface area contributed by atoms with E-state index in [0.29, 0.717) is 6.04 Å². The Morgan fingerprint density at radius 1 is 1.25 bits per heavy atom. The van der Waals surface area contributed by atoms with Crippen LogP contribution in [0.3, 0.4) is 0 Å². The van der Waals surface area contributed by atoms with E-state index in [1.165, 1.54) is 5.69 Å². The van der Waals surface area contributed by atoms with Crippen LogP contribution < -0.4 is 15.5 Å². The first kappa shape index (κ1) is 17.0. The summed E-state index contributed by atoms with van der Waals surface area (Å²) in [7, 11) is 3.96. The highest BCUT2D eigenvalue weighted by molar-refractivity contribution is 5.80. The minimum Gasteiger partial charge on any atom is -0.374 e. The number of anilines is 1. The molecule has 132 valence electrons. The van der Waals surface area contributed by atoms with Crippen LogP contribution in [0, 0.1) is 0 Å². The molecule has 2 aliphatic heterocycles. The minimum atomic E-state index is 0.228. The lowest BCUT2D eigenvalue weighted by molar-refractivity contribution is -0.0161.